The van der Waals surface area contributed by atoms with Crippen LogP contribution in [0.1, 0.15) is 20.8 Å². The molecule has 0 saturated carbocycles. The van der Waals surface area contributed by atoms with E-state index >= 15 is 0 Å². The van der Waals surface area contributed by atoms with Gasteiger partial charge in [0.25, 0.3) is 11.8 Å². The molecule has 2 aliphatic heterocycles. The first kappa shape index (κ1) is 14.5. The number of carbonyl (C=O) groups is 3. The Balaban J connectivity index is 1.88. The van der Waals surface area contributed by atoms with Crippen LogP contribution in [-0.4, -0.2) is 64.6 Å². The molecule has 2 rings (SSSR count). The Morgan fingerprint density at radius 2 is 1.55 bits per heavy atom. The van der Waals surface area contributed by atoms with E-state index in [4.69, 9.17) is 4.74 Å². The molecule has 1 fully saturated rings. The molecule has 110 valence electrons. The summed E-state index contributed by atoms with van der Waals surface area (Å²) in [4.78, 5) is 36.6. The Hall–Kier alpha value is -1.89. The molecular weight excluding hydrogens is 262 g/mol. The fourth-order valence-corrected chi connectivity index (χ4v) is 2.08. The lowest BCUT2D eigenvalue weighted by Gasteiger charge is -2.38. The topological polar surface area (TPSA) is 70.2 Å². The van der Waals surface area contributed by atoms with E-state index < -0.39 is 5.60 Å². The van der Waals surface area contributed by atoms with Crippen molar-refractivity contribution in [3.63, 3.8) is 0 Å². The highest BCUT2D eigenvalue weighted by molar-refractivity contribution is 6.12. The van der Waals surface area contributed by atoms with Crippen LogP contribution in [0, 0.1) is 0 Å². The average Bonchev–Trinajstić information content (AvgIpc) is 2.67. The lowest BCUT2D eigenvalue weighted by Crippen LogP contribution is -2.57. The molecule has 1 saturated heterocycles. The third-order valence-corrected chi connectivity index (χ3v) is 2.98. The SMILES string of the molecule is CC(C)(C)OC(=O)N1CCN(N2C(=O)C=CC2=O)CC1. The molecule has 0 spiro atoms. The quantitative estimate of drug-likeness (QED) is 0.650. The van der Waals surface area contributed by atoms with Gasteiger partial charge in [-0.1, -0.05) is 0 Å². The van der Waals surface area contributed by atoms with Gasteiger partial charge in [-0.3, -0.25) is 9.59 Å². The molecule has 2 aliphatic rings. The number of rotatable bonds is 1. The molecule has 2 heterocycles. The van der Waals surface area contributed by atoms with Gasteiger partial charge in [0.2, 0.25) is 0 Å². The Morgan fingerprint density at radius 1 is 1.05 bits per heavy atom. The van der Waals surface area contributed by atoms with Crippen molar-refractivity contribution in [3.8, 4) is 0 Å². The Bertz CT molecular complexity index is 441. The van der Waals surface area contributed by atoms with Gasteiger partial charge in [-0.05, 0) is 20.8 Å². The van der Waals surface area contributed by atoms with Gasteiger partial charge in [0.1, 0.15) is 5.60 Å². The highest BCUT2D eigenvalue weighted by Gasteiger charge is 2.33. The number of ether oxygens (including phenoxy) is 1. The first-order valence-corrected chi connectivity index (χ1v) is 6.57. The summed E-state index contributed by atoms with van der Waals surface area (Å²) in [6, 6.07) is 0. The number of hydrazine groups is 1. The minimum Gasteiger partial charge on any atom is -0.444 e. The van der Waals surface area contributed by atoms with Gasteiger partial charge >= 0.3 is 6.09 Å². The van der Waals surface area contributed by atoms with Gasteiger partial charge in [0, 0.05) is 38.3 Å². The second-order valence-electron chi connectivity index (χ2n) is 5.74. The van der Waals surface area contributed by atoms with E-state index in [9.17, 15) is 14.4 Å². The maximum atomic E-state index is 11.9. The van der Waals surface area contributed by atoms with Crippen molar-refractivity contribution >= 4 is 17.9 Å². The van der Waals surface area contributed by atoms with E-state index in [1.54, 1.807) is 9.91 Å². The van der Waals surface area contributed by atoms with E-state index in [1.165, 1.54) is 12.2 Å². The summed E-state index contributed by atoms with van der Waals surface area (Å²) >= 11 is 0. The van der Waals surface area contributed by atoms with Gasteiger partial charge in [-0.25, -0.2) is 14.8 Å². The summed E-state index contributed by atoms with van der Waals surface area (Å²) in [5.41, 5.74) is -0.529. The molecule has 0 aromatic rings. The molecule has 0 radical (unpaired) electrons. The monoisotopic (exact) mass is 281 g/mol. The fourth-order valence-electron chi connectivity index (χ4n) is 2.08. The molecule has 7 nitrogen and oxygen atoms in total. The predicted molar refractivity (Wildman–Crippen MR) is 70.4 cm³/mol. The van der Waals surface area contributed by atoms with Gasteiger partial charge < -0.3 is 9.64 Å². The number of carbonyl (C=O) groups excluding carboxylic acids is 3. The van der Waals surface area contributed by atoms with Crippen LogP contribution in [0.2, 0.25) is 0 Å². The number of hydrogen-bond donors (Lipinski definition) is 0. The number of imide groups is 1. The zero-order valence-corrected chi connectivity index (χ0v) is 12.0. The van der Waals surface area contributed by atoms with Crippen LogP contribution in [0.15, 0.2) is 12.2 Å². The van der Waals surface area contributed by atoms with Gasteiger partial charge in [0.15, 0.2) is 0 Å². The van der Waals surface area contributed by atoms with Crippen LogP contribution in [0.3, 0.4) is 0 Å². The molecule has 3 amide bonds. The zero-order chi connectivity index (χ0) is 14.9. The largest absolute Gasteiger partial charge is 0.444 e. The van der Waals surface area contributed by atoms with Crippen LogP contribution in [-0.2, 0) is 14.3 Å². The molecule has 7 heteroatoms. The van der Waals surface area contributed by atoms with Crippen molar-refractivity contribution in [3.05, 3.63) is 12.2 Å². The van der Waals surface area contributed by atoms with E-state index in [2.05, 4.69) is 0 Å². The predicted octanol–water partition coefficient (Wildman–Crippen LogP) is 0.379. The molecule has 0 aliphatic carbocycles. The van der Waals surface area contributed by atoms with Crippen LogP contribution in [0.5, 0.6) is 0 Å². The lowest BCUT2D eigenvalue weighted by atomic mass is 10.2. The molecular formula is C13H19N3O4. The molecule has 0 unspecified atom stereocenters. The number of amides is 3. The first-order valence-electron chi connectivity index (χ1n) is 6.57. The van der Waals surface area contributed by atoms with Crippen LogP contribution >= 0.6 is 0 Å². The van der Waals surface area contributed by atoms with Crippen molar-refractivity contribution < 1.29 is 19.1 Å². The molecule has 0 bridgehead atoms. The second-order valence-corrected chi connectivity index (χ2v) is 5.74. The average molecular weight is 281 g/mol. The van der Waals surface area contributed by atoms with Crippen LogP contribution < -0.4 is 0 Å². The minimum atomic E-state index is -0.529. The maximum Gasteiger partial charge on any atom is 0.410 e. The lowest BCUT2D eigenvalue weighted by molar-refractivity contribution is -0.157. The second kappa shape index (κ2) is 5.24. The molecule has 20 heavy (non-hydrogen) atoms. The van der Waals surface area contributed by atoms with Crippen LogP contribution in [0.4, 0.5) is 4.79 Å². The highest BCUT2D eigenvalue weighted by Crippen LogP contribution is 2.14. The number of hydrogen-bond acceptors (Lipinski definition) is 5. The van der Waals surface area contributed by atoms with Crippen molar-refractivity contribution in [1.29, 1.82) is 0 Å². The van der Waals surface area contributed by atoms with E-state index in [1.807, 2.05) is 20.8 Å². The summed E-state index contributed by atoms with van der Waals surface area (Å²) in [6.07, 6.45) is 2.14. The van der Waals surface area contributed by atoms with Crippen molar-refractivity contribution in [2.75, 3.05) is 26.2 Å². The van der Waals surface area contributed by atoms with Gasteiger partial charge in [0.05, 0.1) is 0 Å². The van der Waals surface area contributed by atoms with Crippen LogP contribution in [0.25, 0.3) is 0 Å². The summed E-state index contributed by atoms with van der Waals surface area (Å²) in [7, 11) is 0. The fraction of sp³-hybridized carbons (Fsp3) is 0.615. The van der Waals surface area contributed by atoms with Crippen molar-refractivity contribution in [2.45, 2.75) is 26.4 Å². The zero-order valence-electron chi connectivity index (χ0n) is 12.0. The van der Waals surface area contributed by atoms with E-state index in [0.717, 1.165) is 5.01 Å². The van der Waals surface area contributed by atoms with Gasteiger partial charge in [-0.2, -0.15) is 0 Å². The summed E-state index contributed by atoms with van der Waals surface area (Å²) in [5.74, 6) is -0.665. The van der Waals surface area contributed by atoms with Gasteiger partial charge in [-0.15, -0.1) is 0 Å². The standard InChI is InChI=1S/C13H19N3O4/c1-13(2,3)20-12(19)14-6-8-15(9-7-14)16-10(17)4-5-11(16)18/h4-5H,6-9H2,1-3H3. The van der Waals surface area contributed by atoms with Crippen molar-refractivity contribution in [2.24, 2.45) is 0 Å². The molecule has 0 atom stereocenters. The Labute approximate surface area is 117 Å². The molecule has 0 aromatic heterocycles. The summed E-state index contributed by atoms with van der Waals surface area (Å²) < 4.78 is 5.29. The smallest absolute Gasteiger partial charge is 0.410 e. The first-order chi connectivity index (χ1) is 9.28. The summed E-state index contributed by atoms with van der Waals surface area (Å²) in [5, 5.41) is 2.78. The maximum absolute atomic E-state index is 11.9. The third kappa shape index (κ3) is 3.16. The number of nitrogens with zero attached hydrogens (tertiary/aromatic N) is 3. The highest BCUT2D eigenvalue weighted by atomic mass is 16.6. The Kier molecular flexibility index (Phi) is 3.80. The molecule has 0 N–H and O–H groups in total. The number of piperazine rings is 1. The Morgan fingerprint density at radius 3 is 2.00 bits per heavy atom. The summed E-state index contributed by atoms with van der Waals surface area (Å²) in [6.45, 7) is 7.14. The van der Waals surface area contributed by atoms with Crippen molar-refractivity contribution in [1.82, 2.24) is 14.9 Å². The molecule has 0 aromatic carbocycles. The minimum absolute atomic E-state index is 0.333. The van der Waals surface area contributed by atoms with E-state index in [0.29, 0.717) is 26.2 Å². The van der Waals surface area contributed by atoms with E-state index in [-0.39, 0.29) is 17.9 Å². The normalized spacial score (nSPS) is 20.8. The third-order valence-electron chi connectivity index (χ3n) is 2.98.